The van der Waals surface area contributed by atoms with Crippen LogP contribution in [0.25, 0.3) is 0 Å². The normalized spacial score (nSPS) is 18.6. The summed E-state index contributed by atoms with van der Waals surface area (Å²) < 4.78 is 60.5. The van der Waals surface area contributed by atoms with Gasteiger partial charge in [0.15, 0.2) is 0 Å². The molecule has 1 heterocycles. The molecule has 1 N–H and O–H groups in total. The molecule has 1 aliphatic heterocycles. The Hall–Kier alpha value is -1.75. The largest absolute Gasteiger partial charge is 0.416 e. The van der Waals surface area contributed by atoms with Crippen LogP contribution in [0.5, 0.6) is 0 Å². The monoisotopic (exact) mass is 332 g/mol. The predicted octanol–water partition coefficient (Wildman–Crippen LogP) is 2.81. The lowest BCUT2D eigenvalue weighted by Crippen LogP contribution is -2.27. The molecule has 1 aromatic carbocycles. The number of hydrogen-bond acceptors (Lipinski definition) is 4. The van der Waals surface area contributed by atoms with Gasteiger partial charge in [-0.2, -0.15) is 18.4 Å². The lowest BCUT2D eigenvalue weighted by molar-refractivity contribution is -0.137. The molecular weight excluding hydrogens is 317 g/mol. The van der Waals surface area contributed by atoms with Crippen molar-refractivity contribution in [3.8, 4) is 6.07 Å². The summed E-state index contributed by atoms with van der Waals surface area (Å²) in [5.74, 6) is 0.409. The molecular formula is C14H15F3N2O2S. The smallest absolute Gasteiger partial charge is 0.384 e. The molecule has 0 spiro atoms. The minimum atomic E-state index is -4.48. The van der Waals surface area contributed by atoms with Crippen molar-refractivity contribution in [3.05, 3.63) is 29.3 Å². The Kier molecular flexibility index (Phi) is 4.66. The molecule has 0 aromatic heterocycles. The van der Waals surface area contributed by atoms with E-state index in [0.717, 1.165) is 12.1 Å². The Morgan fingerprint density at radius 2 is 1.91 bits per heavy atom. The maximum absolute atomic E-state index is 12.6. The number of nitrogens with one attached hydrogen (secondary N) is 1. The van der Waals surface area contributed by atoms with Gasteiger partial charge in [0.1, 0.15) is 15.9 Å². The SMILES string of the molecule is N#Cc1cc(C(F)(F)F)ccc1NCC1CCS(=O)(=O)CC1. The zero-order valence-electron chi connectivity index (χ0n) is 11.7. The van der Waals surface area contributed by atoms with Crippen LogP contribution < -0.4 is 5.32 Å². The predicted molar refractivity (Wildman–Crippen MR) is 76.0 cm³/mol. The molecule has 0 bridgehead atoms. The fourth-order valence-corrected chi connectivity index (χ4v) is 3.95. The Balaban J connectivity index is 2.03. The molecule has 1 saturated heterocycles. The number of alkyl halides is 3. The average molecular weight is 332 g/mol. The minimum absolute atomic E-state index is 0.0711. The van der Waals surface area contributed by atoms with Crippen LogP contribution in [0.1, 0.15) is 24.0 Å². The van der Waals surface area contributed by atoms with Crippen LogP contribution in [-0.2, 0) is 16.0 Å². The Morgan fingerprint density at radius 3 is 2.45 bits per heavy atom. The molecule has 0 saturated carbocycles. The molecule has 2 rings (SSSR count). The number of sulfone groups is 1. The van der Waals surface area contributed by atoms with Gasteiger partial charge in [-0.05, 0) is 37.0 Å². The fraction of sp³-hybridized carbons (Fsp3) is 0.500. The second-order valence-corrected chi connectivity index (χ2v) is 7.65. The maximum Gasteiger partial charge on any atom is 0.416 e. The van der Waals surface area contributed by atoms with Gasteiger partial charge in [-0.3, -0.25) is 0 Å². The molecule has 120 valence electrons. The number of rotatable bonds is 3. The summed E-state index contributed by atoms with van der Waals surface area (Å²) in [6, 6.07) is 4.73. The van der Waals surface area contributed by atoms with Gasteiger partial charge in [-0.15, -0.1) is 0 Å². The van der Waals surface area contributed by atoms with Crippen molar-refractivity contribution in [3.63, 3.8) is 0 Å². The molecule has 22 heavy (non-hydrogen) atoms. The van der Waals surface area contributed by atoms with Crippen LogP contribution in [0.3, 0.4) is 0 Å². The van der Waals surface area contributed by atoms with Crippen LogP contribution >= 0.6 is 0 Å². The summed E-state index contributed by atoms with van der Waals surface area (Å²) >= 11 is 0. The Labute approximate surface area is 126 Å². The molecule has 0 aliphatic carbocycles. The summed E-state index contributed by atoms with van der Waals surface area (Å²) in [7, 11) is -2.94. The first kappa shape index (κ1) is 16.6. The van der Waals surface area contributed by atoms with Gasteiger partial charge in [0.05, 0.1) is 28.3 Å². The Morgan fingerprint density at radius 1 is 1.27 bits per heavy atom. The van der Waals surface area contributed by atoms with E-state index in [-0.39, 0.29) is 23.0 Å². The number of benzene rings is 1. The lowest BCUT2D eigenvalue weighted by atomic mass is 10.0. The van der Waals surface area contributed by atoms with E-state index in [0.29, 0.717) is 25.1 Å². The standard InChI is InChI=1S/C14H15F3N2O2S/c15-14(16,17)12-1-2-13(11(7-12)8-18)19-9-10-3-5-22(20,21)6-4-10/h1-2,7,10,19H,3-6,9H2. The van der Waals surface area contributed by atoms with Gasteiger partial charge in [0, 0.05) is 6.54 Å². The second kappa shape index (κ2) is 6.16. The van der Waals surface area contributed by atoms with Gasteiger partial charge < -0.3 is 5.32 Å². The molecule has 8 heteroatoms. The van der Waals surface area contributed by atoms with Crippen LogP contribution in [0.2, 0.25) is 0 Å². The Bertz CT molecular complexity index is 679. The molecule has 1 aliphatic rings. The minimum Gasteiger partial charge on any atom is -0.384 e. The number of anilines is 1. The highest BCUT2D eigenvalue weighted by atomic mass is 32.2. The summed E-state index contributed by atoms with van der Waals surface area (Å²) in [4.78, 5) is 0. The summed E-state index contributed by atoms with van der Waals surface area (Å²) in [5, 5.41) is 11.9. The van der Waals surface area contributed by atoms with Crippen molar-refractivity contribution >= 4 is 15.5 Å². The fourth-order valence-electron chi connectivity index (χ4n) is 2.36. The summed E-state index contributed by atoms with van der Waals surface area (Å²) in [6.07, 6.45) is -3.43. The quantitative estimate of drug-likeness (QED) is 0.924. The third-order valence-electron chi connectivity index (χ3n) is 3.72. The van der Waals surface area contributed by atoms with E-state index < -0.39 is 21.6 Å². The van der Waals surface area contributed by atoms with E-state index in [4.69, 9.17) is 5.26 Å². The molecule has 4 nitrogen and oxygen atoms in total. The van der Waals surface area contributed by atoms with Gasteiger partial charge in [-0.1, -0.05) is 0 Å². The van der Waals surface area contributed by atoms with Gasteiger partial charge in [0.25, 0.3) is 0 Å². The van der Waals surface area contributed by atoms with Crippen LogP contribution in [-0.4, -0.2) is 26.5 Å². The molecule has 0 radical (unpaired) electrons. The van der Waals surface area contributed by atoms with Gasteiger partial charge >= 0.3 is 6.18 Å². The van der Waals surface area contributed by atoms with E-state index in [2.05, 4.69) is 5.32 Å². The first-order chi connectivity index (χ1) is 10.2. The number of nitriles is 1. The van der Waals surface area contributed by atoms with Crippen molar-refractivity contribution in [2.45, 2.75) is 19.0 Å². The third kappa shape index (κ3) is 4.13. The van der Waals surface area contributed by atoms with E-state index in [1.54, 1.807) is 6.07 Å². The number of hydrogen-bond donors (Lipinski definition) is 1. The van der Waals surface area contributed by atoms with Crippen molar-refractivity contribution in [1.29, 1.82) is 5.26 Å². The van der Waals surface area contributed by atoms with Crippen LogP contribution in [0.4, 0.5) is 18.9 Å². The lowest BCUT2D eigenvalue weighted by Gasteiger charge is -2.23. The highest BCUT2D eigenvalue weighted by Crippen LogP contribution is 2.32. The topological polar surface area (TPSA) is 70.0 Å². The van der Waals surface area contributed by atoms with E-state index in [1.165, 1.54) is 6.07 Å². The third-order valence-corrected chi connectivity index (χ3v) is 5.44. The zero-order chi connectivity index (χ0) is 16.4. The average Bonchev–Trinajstić information content (AvgIpc) is 2.45. The highest BCUT2D eigenvalue weighted by molar-refractivity contribution is 7.91. The molecule has 0 amide bonds. The van der Waals surface area contributed by atoms with Crippen LogP contribution in [0, 0.1) is 17.2 Å². The van der Waals surface area contributed by atoms with Crippen molar-refractivity contribution in [2.75, 3.05) is 23.4 Å². The maximum atomic E-state index is 12.6. The molecule has 1 fully saturated rings. The number of nitrogens with zero attached hydrogens (tertiary/aromatic N) is 1. The van der Waals surface area contributed by atoms with E-state index in [9.17, 15) is 21.6 Å². The van der Waals surface area contributed by atoms with E-state index in [1.807, 2.05) is 0 Å². The van der Waals surface area contributed by atoms with Gasteiger partial charge in [-0.25, -0.2) is 8.42 Å². The van der Waals surface area contributed by atoms with Crippen molar-refractivity contribution in [1.82, 2.24) is 0 Å². The van der Waals surface area contributed by atoms with E-state index >= 15 is 0 Å². The van der Waals surface area contributed by atoms with Crippen LogP contribution in [0.15, 0.2) is 18.2 Å². The molecule has 0 atom stereocenters. The second-order valence-electron chi connectivity index (χ2n) is 5.35. The van der Waals surface area contributed by atoms with Gasteiger partial charge in [0.2, 0.25) is 0 Å². The first-order valence-electron chi connectivity index (χ1n) is 6.77. The van der Waals surface area contributed by atoms with Crippen molar-refractivity contribution < 1.29 is 21.6 Å². The summed E-state index contributed by atoms with van der Waals surface area (Å²) in [6.45, 7) is 0.440. The first-order valence-corrected chi connectivity index (χ1v) is 8.59. The highest BCUT2D eigenvalue weighted by Gasteiger charge is 2.31. The molecule has 0 unspecified atom stereocenters. The molecule has 1 aromatic rings. The van der Waals surface area contributed by atoms with Crippen molar-refractivity contribution in [2.24, 2.45) is 5.92 Å². The summed E-state index contributed by atoms with van der Waals surface area (Å²) in [5.41, 5.74) is -0.597. The zero-order valence-corrected chi connectivity index (χ0v) is 12.5. The number of halogens is 3.